The quantitative estimate of drug-likeness (QED) is 0.822. The van der Waals surface area contributed by atoms with Crippen molar-refractivity contribution in [3.63, 3.8) is 0 Å². The van der Waals surface area contributed by atoms with E-state index in [4.69, 9.17) is 0 Å². The molecule has 0 spiro atoms. The van der Waals surface area contributed by atoms with E-state index in [1.54, 1.807) is 23.1 Å². The lowest BCUT2D eigenvalue weighted by molar-refractivity contribution is -0.136. The highest BCUT2D eigenvalue weighted by molar-refractivity contribution is 5.82. The smallest absolute Gasteiger partial charge is 0.240 e. The number of hydrogen-bond acceptors (Lipinski definition) is 5. The number of nitrogens with zero attached hydrogens (tertiary/aromatic N) is 6. The molecule has 0 bridgehead atoms. The molecule has 2 aromatic rings. The lowest BCUT2D eigenvalue weighted by Crippen LogP contribution is -2.45. The van der Waals surface area contributed by atoms with Gasteiger partial charge < -0.3 is 4.90 Å². The molecule has 0 aliphatic carbocycles. The monoisotopic (exact) mass is 372 g/mol. The van der Waals surface area contributed by atoms with Gasteiger partial charge in [0.05, 0.1) is 12.1 Å². The number of benzene rings is 1. The highest BCUT2D eigenvalue weighted by Gasteiger charge is 2.40. The lowest BCUT2D eigenvalue weighted by Gasteiger charge is -2.29. The summed E-state index contributed by atoms with van der Waals surface area (Å²) in [6.45, 7) is 3.00. The van der Waals surface area contributed by atoms with Crippen molar-refractivity contribution in [1.29, 1.82) is 0 Å². The van der Waals surface area contributed by atoms with Crippen LogP contribution in [0.4, 0.5) is 4.39 Å². The van der Waals surface area contributed by atoms with Crippen molar-refractivity contribution in [1.82, 2.24) is 30.0 Å². The Morgan fingerprint density at radius 3 is 2.52 bits per heavy atom. The van der Waals surface area contributed by atoms with E-state index in [-0.39, 0.29) is 23.8 Å². The molecule has 2 atom stereocenters. The minimum absolute atomic E-state index is 0.0707. The highest BCUT2D eigenvalue weighted by atomic mass is 19.1. The number of tetrazole rings is 1. The number of hydrogen-bond donors (Lipinski definition) is 0. The molecular formula is C19H25FN6O. The fourth-order valence-electron chi connectivity index (χ4n) is 4.16. The summed E-state index contributed by atoms with van der Waals surface area (Å²) in [6.07, 6.45) is 6.85. The molecule has 3 heterocycles. The molecule has 4 rings (SSSR count). The van der Waals surface area contributed by atoms with E-state index in [2.05, 4.69) is 20.4 Å². The van der Waals surface area contributed by atoms with E-state index >= 15 is 0 Å². The van der Waals surface area contributed by atoms with Gasteiger partial charge in [0.2, 0.25) is 5.91 Å². The van der Waals surface area contributed by atoms with Gasteiger partial charge in [-0.3, -0.25) is 9.69 Å². The normalized spacial score (nSPS) is 24.1. The Kier molecular flexibility index (Phi) is 5.42. The van der Waals surface area contributed by atoms with Crippen LogP contribution in [0.25, 0.3) is 0 Å². The third-order valence-corrected chi connectivity index (χ3v) is 5.62. The molecule has 27 heavy (non-hydrogen) atoms. The van der Waals surface area contributed by atoms with Crippen molar-refractivity contribution in [2.24, 2.45) is 0 Å². The molecule has 8 heteroatoms. The molecule has 0 saturated carbocycles. The van der Waals surface area contributed by atoms with Crippen LogP contribution >= 0.6 is 0 Å². The van der Waals surface area contributed by atoms with Crippen LogP contribution in [-0.2, 0) is 11.3 Å². The number of aromatic nitrogens is 4. The molecule has 1 aromatic carbocycles. The standard InChI is InChI=1S/C19H25FN6O/c20-16-7-5-15(6-8-16)12-25-13-17(26-14-21-22-23-26)11-18(25)19(27)24-9-3-1-2-4-10-24/h5-8,14,17-18H,1-4,9-13H2/t17-,18-/m0/s1. The predicted molar refractivity (Wildman–Crippen MR) is 97.1 cm³/mol. The van der Waals surface area contributed by atoms with Crippen molar-refractivity contribution in [2.75, 3.05) is 19.6 Å². The SMILES string of the molecule is O=C([C@@H]1C[C@H](n2cnnn2)CN1Cc1ccc(F)cc1)N1CCCCCC1. The first-order valence-corrected chi connectivity index (χ1v) is 9.70. The average Bonchev–Trinajstić information content (AvgIpc) is 3.27. The van der Waals surface area contributed by atoms with Crippen LogP contribution < -0.4 is 0 Å². The first-order chi connectivity index (χ1) is 13.2. The molecular weight excluding hydrogens is 347 g/mol. The molecule has 1 amide bonds. The van der Waals surface area contributed by atoms with Gasteiger partial charge in [0.25, 0.3) is 0 Å². The first kappa shape index (κ1) is 18.0. The van der Waals surface area contributed by atoms with Gasteiger partial charge >= 0.3 is 0 Å². The van der Waals surface area contributed by atoms with Crippen LogP contribution in [0, 0.1) is 5.82 Å². The highest BCUT2D eigenvalue weighted by Crippen LogP contribution is 2.30. The van der Waals surface area contributed by atoms with Crippen molar-refractivity contribution < 1.29 is 9.18 Å². The summed E-state index contributed by atoms with van der Waals surface area (Å²) >= 11 is 0. The maximum atomic E-state index is 13.3. The molecule has 2 saturated heterocycles. The summed E-state index contributed by atoms with van der Waals surface area (Å²) in [5, 5.41) is 11.5. The summed E-state index contributed by atoms with van der Waals surface area (Å²) in [4.78, 5) is 17.5. The van der Waals surface area contributed by atoms with Crippen LogP contribution in [-0.4, -0.2) is 61.6 Å². The number of halogens is 1. The Morgan fingerprint density at radius 1 is 1.11 bits per heavy atom. The minimum Gasteiger partial charge on any atom is -0.341 e. The topological polar surface area (TPSA) is 67.2 Å². The summed E-state index contributed by atoms with van der Waals surface area (Å²) in [6, 6.07) is 6.38. The van der Waals surface area contributed by atoms with Gasteiger partial charge in [-0.2, -0.15) is 0 Å². The molecule has 0 unspecified atom stereocenters. The fraction of sp³-hybridized carbons (Fsp3) is 0.579. The van der Waals surface area contributed by atoms with Crippen LogP contribution in [0.3, 0.4) is 0 Å². The number of carbonyl (C=O) groups excluding carboxylic acids is 1. The van der Waals surface area contributed by atoms with E-state index in [1.165, 1.54) is 25.0 Å². The third kappa shape index (κ3) is 4.16. The molecule has 1 aromatic heterocycles. The van der Waals surface area contributed by atoms with Crippen molar-refractivity contribution in [2.45, 2.75) is 50.7 Å². The minimum atomic E-state index is -0.246. The van der Waals surface area contributed by atoms with Gasteiger partial charge in [0.15, 0.2) is 0 Å². The zero-order valence-corrected chi connectivity index (χ0v) is 15.4. The van der Waals surface area contributed by atoms with E-state index in [0.717, 1.165) is 31.5 Å². The van der Waals surface area contributed by atoms with Crippen molar-refractivity contribution in [3.05, 3.63) is 42.0 Å². The van der Waals surface area contributed by atoms with Crippen molar-refractivity contribution >= 4 is 5.91 Å². The number of amides is 1. The molecule has 7 nitrogen and oxygen atoms in total. The number of rotatable bonds is 4. The Balaban J connectivity index is 1.53. The van der Waals surface area contributed by atoms with Gasteiger partial charge in [0.1, 0.15) is 12.1 Å². The Bertz CT molecular complexity index is 742. The van der Waals surface area contributed by atoms with Crippen LogP contribution in [0.2, 0.25) is 0 Å². The maximum absolute atomic E-state index is 13.3. The largest absolute Gasteiger partial charge is 0.341 e. The Labute approximate surface area is 158 Å². The van der Waals surface area contributed by atoms with Gasteiger partial charge in [0, 0.05) is 26.2 Å². The molecule has 2 fully saturated rings. The van der Waals surface area contributed by atoms with Crippen molar-refractivity contribution in [3.8, 4) is 0 Å². The summed E-state index contributed by atoms with van der Waals surface area (Å²) < 4.78 is 15.0. The number of carbonyl (C=O) groups is 1. The Morgan fingerprint density at radius 2 is 1.85 bits per heavy atom. The van der Waals surface area contributed by atoms with E-state index in [0.29, 0.717) is 19.5 Å². The maximum Gasteiger partial charge on any atom is 0.240 e. The van der Waals surface area contributed by atoms with E-state index in [9.17, 15) is 9.18 Å². The number of likely N-dealkylation sites (tertiary alicyclic amines) is 2. The zero-order valence-electron chi connectivity index (χ0n) is 15.4. The van der Waals surface area contributed by atoms with E-state index in [1.807, 2.05) is 4.90 Å². The van der Waals surface area contributed by atoms with E-state index < -0.39 is 0 Å². The second kappa shape index (κ2) is 8.12. The predicted octanol–water partition coefficient (Wildman–Crippen LogP) is 2.03. The lowest BCUT2D eigenvalue weighted by atomic mass is 10.1. The molecule has 2 aliphatic rings. The molecule has 0 N–H and O–H groups in total. The average molecular weight is 372 g/mol. The van der Waals surface area contributed by atoms with Gasteiger partial charge in [-0.25, -0.2) is 9.07 Å². The zero-order chi connectivity index (χ0) is 18.6. The molecule has 0 radical (unpaired) electrons. The van der Waals surface area contributed by atoms with Crippen LogP contribution in [0.1, 0.15) is 43.7 Å². The summed E-state index contributed by atoms with van der Waals surface area (Å²) in [5.74, 6) is -0.0430. The first-order valence-electron chi connectivity index (χ1n) is 9.70. The second-order valence-corrected chi connectivity index (χ2v) is 7.49. The van der Waals surface area contributed by atoms with Crippen LogP contribution in [0.15, 0.2) is 30.6 Å². The van der Waals surface area contributed by atoms with Gasteiger partial charge in [-0.15, -0.1) is 5.10 Å². The Hall–Kier alpha value is -2.35. The second-order valence-electron chi connectivity index (χ2n) is 7.49. The van der Waals surface area contributed by atoms with Crippen LogP contribution in [0.5, 0.6) is 0 Å². The third-order valence-electron chi connectivity index (χ3n) is 5.62. The summed E-state index contributed by atoms with van der Waals surface area (Å²) in [5.41, 5.74) is 1.00. The fourth-order valence-corrected chi connectivity index (χ4v) is 4.16. The van der Waals surface area contributed by atoms with Gasteiger partial charge in [-0.1, -0.05) is 25.0 Å². The summed E-state index contributed by atoms with van der Waals surface area (Å²) in [7, 11) is 0. The molecule has 144 valence electrons. The van der Waals surface area contributed by atoms with Gasteiger partial charge in [-0.05, 0) is 47.4 Å². The molecule has 2 aliphatic heterocycles.